The van der Waals surface area contributed by atoms with Gasteiger partial charge in [-0.05, 0) is 54.8 Å². The molecule has 2 saturated carbocycles. The van der Waals surface area contributed by atoms with Crippen molar-refractivity contribution in [1.29, 1.82) is 0 Å². The Kier molecular flexibility index (Phi) is 15.3. The summed E-state index contributed by atoms with van der Waals surface area (Å²) in [6.07, 6.45) is 4.23. The molecule has 12 heteroatoms. The van der Waals surface area contributed by atoms with Gasteiger partial charge in [-0.1, -0.05) is 95.4 Å². The smallest absolute Gasteiger partial charge is 0.315 e. The number of rotatable bonds is 15. The summed E-state index contributed by atoms with van der Waals surface area (Å²) in [6.45, 7) is 20.2. The number of Topliss-reactive ketones (excluding diaryl/α,β-unsaturated/α-hetero) is 2. The maximum absolute atomic E-state index is 14.3. The Hall–Kier alpha value is -3.02. The summed E-state index contributed by atoms with van der Waals surface area (Å²) >= 11 is 0. The average Bonchev–Trinajstić information content (AvgIpc) is 3.50. The van der Waals surface area contributed by atoms with Crippen molar-refractivity contribution in [2.75, 3.05) is 13.3 Å². The number of hydrogen-bond donors (Lipinski definition) is 5. The molecule has 0 heterocycles. The van der Waals surface area contributed by atoms with Gasteiger partial charge in [-0.2, -0.15) is 0 Å². The highest BCUT2D eigenvalue weighted by Gasteiger charge is 2.53. The Morgan fingerprint density at radius 3 is 1.82 bits per heavy atom. The van der Waals surface area contributed by atoms with Crippen molar-refractivity contribution in [3.05, 3.63) is 0 Å². The Bertz CT molecular complexity index is 1240. The molecule has 12 nitrogen and oxygen atoms in total. The van der Waals surface area contributed by atoms with Gasteiger partial charge < -0.3 is 31.1 Å². The molecule has 0 aliphatic heterocycles. The van der Waals surface area contributed by atoms with Gasteiger partial charge in [-0.15, -0.1) is 0 Å². The van der Waals surface area contributed by atoms with Gasteiger partial charge in [0.05, 0.1) is 17.4 Å². The Labute approximate surface area is 306 Å². The number of ketones is 2. The number of urea groups is 1. The number of carbonyl (C=O) groups excluding carboxylic acids is 5. The van der Waals surface area contributed by atoms with E-state index in [4.69, 9.17) is 0 Å². The first-order chi connectivity index (χ1) is 23.3. The maximum atomic E-state index is 14.3. The van der Waals surface area contributed by atoms with Crippen LogP contribution in [0.2, 0.25) is 0 Å². The van der Waals surface area contributed by atoms with Crippen molar-refractivity contribution in [3.63, 3.8) is 0 Å². The van der Waals surface area contributed by atoms with E-state index in [2.05, 4.69) is 29.8 Å². The van der Waals surface area contributed by atoms with E-state index in [9.17, 15) is 39.0 Å². The van der Waals surface area contributed by atoms with Crippen molar-refractivity contribution < 1.29 is 39.0 Å². The largest absolute Gasteiger partial charge is 0.481 e. The molecule has 2 aliphatic rings. The van der Waals surface area contributed by atoms with E-state index in [0.29, 0.717) is 19.3 Å². The maximum Gasteiger partial charge on any atom is 0.315 e. The molecule has 51 heavy (non-hydrogen) atoms. The van der Waals surface area contributed by atoms with Gasteiger partial charge in [-0.3, -0.25) is 24.0 Å². The Morgan fingerprint density at radius 1 is 0.824 bits per heavy atom. The molecule has 0 aromatic carbocycles. The highest BCUT2D eigenvalue weighted by molar-refractivity contribution is 5.98. The first-order valence-electron chi connectivity index (χ1n) is 18.9. The normalized spacial score (nSPS) is 22.6. The minimum atomic E-state index is -1.62. The summed E-state index contributed by atoms with van der Waals surface area (Å²) in [4.78, 5) is 83.3. The van der Waals surface area contributed by atoms with Crippen molar-refractivity contribution in [2.45, 2.75) is 158 Å². The van der Waals surface area contributed by atoms with Crippen molar-refractivity contribution in [2.24, 2.45) is 39.4 Å². The van der Waals surface area contributed by atoms with Crippen LogP contribution in [0.4, 0.5) is 4.79 Å². The van der Waals surface area contributed by atoms with Crippen molar-refractivity contribution >= 4 is 35.4 Å². The molecule has 0 spiro atoms. The second kappa shape index (κ2) is 17.7. The van der Waals surface area contributed by atoms with E-state index in [0.717, 1.165) is 24.2 Å². The molecule has 2 rings (SSSR count). The van der Waals surface area contributed by atoms with E-state index in [1.54, 1.807) is 20.8 Å². The zero-order chi connectivity index (χ0) is 39.1. The fourth-order valence-electron chi connectivity index (χ4n) is 7.45. The monoisotopic (exact) mass is 721 g/mol. The molecule has 4 amide bonds. The summed E-state index contributed by atoms with van der Waals surface area (Å²) in [5, 5.41) is 29.4. The van der Waals surface area contributed by atoms with E-state index < -0.39 is 77.0 Å². The van der Waals surface area contributed by atoms with Crippen LogP contribution >= 0.6 is 0 Å². The standard InChI is InChI=1S/C39H68N4O8/c1-24-15-14-16-25(2)29(24)40-35(51)42-30(38(9,10)11)27(45)21-26(22-28(46)37(6,7)8)32(47)41-31(39(34(49)50)17-12-13-18-39)33(48)43(23-44)20-19-36(3,4)5/h24-26,29-31,44H,12-23H2,1-11H3,(H,41,47)(H,49,50)(H2,40,42,51). The number of carboxylic acids is 1. The third-order valence-corrected chi connectivity index (χ3v) is 11.0. The van der Waals surface area contributed by atoms with Crippen LogP contribution < -0.4 is 16.0 Å². The van der Waals surface area contributed by atoms with Crippen LogP contribution in [0.3, 0.4) is 0 Å². The first kappa shape index (κ1) is 44.1. The summed E-state index contributed by atoms with van der Waals surface area (Å²) < 4.78 is 0. The summed E-state index contributed by atoms with van der Waals surface area (Å²) in [7, 11) is 0. The van der Waals surface area contributed by atoms with Crippen molar-refractivity contribution in [3.8, 4) is 0 Å². The molecule has 0 bridgehead atoms. The molecule has 292 valence electrons. The van der Waals surface area contributed by atoms with Gasteiger partial charge in [0.1, 0.15) is 18.6 Å². The summed E-state index contributed by atoms with van der Waals surface area (Å²) in [5.74, 6) is -4.16. The topological polar surface area (TPSA) is 182 Å². The third kappa shape index (κ3) is 12.3. The fourth-order valence-corrected chi connectivity index (χ4v) is 7.45. The number of aliphatic hydroxyl groups excluding tert-OH is 1. The number of nitrogens with one attached hydrogen (secondary N) is 3. The molecule has 5 atom stereocenters. The zero-order valence-corrected chi connectivity index (χ0v) is 33.2. The van der Waals surface area contributed by atoms with Crippen LogP contribution in [0.5, 0.6) is 0 Å². The molecule has 2 fully saturated rings. The Balaban J connectivity index is 2.47. The van der Waals surface area contributed by atoms with Crippen LogP contribution in [-0.4, -0.2) is 81.9 Å². The molecule has 0 saturated heterocycles. The average molecular weight is 721 g/mol. The molecule has 5 unspecified atom stereocenters. The quantitative estimate of drug-likeness (QED) is 0.138. The van der Waals surface area contributed by atoms with Crippen LogP contribution in [0.1, 0.15) is 140 Å². The third-order valence-electron chi connectivity index (χ3n) is 11.0. The van der Waals surface area contributed by atoms with Crippen LogP contribution in [0.25, 0.3) is 0 Å². The number of aliphatic hydroxyl groups is 1. The molecule has 0 aromatic heterocycles. The van der Waals surface area contributed by atoms with Gasteiger partial charge in [0.15, 0.2) is 5.78 Å². The highest BCUT2D eigenvalue weighted by Crippen LogP contribution is 2.42. The van der Waals surface area contributed by atoms with E-state index >= 15 is 0 Å². The lowest BCUT2D eigenvalue weighted by Gasteiger charge is -2.38. The predicted molar refractivity (Wildman–Crippen MR) is 196 cm³/mol. The molecule has 2 aliphatic carbocycles. The predicted octanol–water partition coefficient (Wildman–Crippen LogP) is 5.45. The minimum Gasteiger partial charge on any atom is -0.481 e. The van der Waals surface area contributed by atoms with Crippen molar-refractivity contribution in [1.82, 2.24) is 20.9 Å². The van der Waals surface area contributed by atoms with Crippen LogP contribution in [0, 0.1) is 39.4 Å². The SMILES string of the molecule is CC1CCCC(C)C1NC(=O)NC(C(=O)CC(CC(=O)C(C)(C)C)C(=O)NC(C(=O)N(CO)CCC(C)(C)C)C1(C(=O)O)CCCC1)C(C)(C)C. The minimum absolute atomic E-state index is 0.0501. The lowest BCUT2D eigenvalue weighted by Crippen LogP contribution is -2.60. The number of hydrogen-bond acceptors (Lipinski definition) is 7. The van der Waals surface area contributed by atoms with Gasteiger partial charge >= 0.3 is 12.0 Å². The zero-order valence-electron chi connectivity index (χ0n) is 33.2. The van der Waals surface area contributed by atoms with Gasteiger partial charge in [0, 0.05) is 30.8 Å². The Morgan fingerprint density at radius 2 is 1.37 bits per heavy atom. The van der Waals surface area contributed by atoms with Crippen LogP contribution in [0.15, 0.2) is 0 Å². The van der Waals surface area contributed by atoms with E-state index in [-0.39, 0.29) is 54.9 Å². The number of amides is 4. The van der Waals surface area contributed by atoms with Gasteiger partial charge in [0.2, 0.25) is 11.8 Å². The second-order valence-electron chi connectivity index (χ2n) is 18.7. The number of nitrogens with zero attached hydrogens (tertiary/aromatic N) is 1. The first-order valence-corrected chi connectivity index (χ1v) is 18.9. The molecular formula is C39H68N4O8. The van der Waals surface area contributed by atoms with Crippen LogP contribution in [-0.2, 0) is 24.0 Å². The molecule has 0 aromatic rings. The van der Waals surface area contributed by atoms with E-state index in [1.165, 1.54) is 0 Å². The number of aliphatic carboxylic acids is 1. The fraction of sp³-hybridized carbons (Fsp3) is 0.846. The van der Waals surface area contributed by atoms with E-state index in [1.807, 2.05) is 41.5 Å². The number of carboxylic acid groups (broad SMARTS) is 1. The molecular weight excluding hydrogens is 652 g/mol. The summed E-state index contributed by atoms with van der Waals surface area (Å²) in [6, 6.07) is -3.06. The van der Waals surface area contributed by atoms with Gasteiger partial charge in [0.25, 0.3) is 0 Å². The molecule has 5 N–H and O–H groups in total. The summed E-state index contributed by atoms with van der Waals surface area (Å²) in [5.41, 5.74) is -3.41. The lowest BCUT2D eigenvalue weighted by atomic mass is 9.76. The van der Waals surface area contributed by atoms with Gasteiger partial charge in [-0.25, -0.2) is 4.79 Å². The molecule has 0 radical (unpaired) electrons. The number of carbonyl (C=O) groups is 6. The highest BCUT2D eigenvalue weighted by atomic mass is 16.4. The lowest BCUT2D eigenvalue weighted by molar-refractivity contribution is -0.159. The second-order valence-corrected chi connectivity index (χ2v) is 18.7.